The second-order valence-corrected chi connectivity index (χ2v) is 11.9. The number of thiophene rings is 1. The van der Waals surface area contributed by atoms with Crippen LogP contribution in [0.15, 0.2) is 71.3 Å². The number of oxazole rings is 1. The van der Waals surface area contributed by atoms with Crippen molar-refractivity contribution in [1.29, 1.82) is 0 Å². The number of carbonyl (C=O) groups excluding carboxylic acids is 2. The highest BCUT2D eigenvalue weighted by molar-refractivity contribution is 7.88. The highest BCUT2D eigenvalue weighted by Gasteiger charge is 2.18. The number of aryl methyl sites for hydroxylation is 1. The van der Waals surface area contributed by atoms with Crippen LogP contribution in [-0.2, 0) is 16.6 Å². The summed E-state index contributed by atoms with van der Waals surface area (Å²) in [5.74, 6) is 0.947. The Balaban J connectivity index is 1.37. The number of hydrogen-bond acceptors (Lipinski definition) is 9. The molecule has 0 aliphatic rings. The van der Waals surface area contributed by atoms with Gasteiger partial charge in [-0.25, -0.2) is 23.1 Å². The summed E-state index contributed by atoms with van der Waals surface area (Å²) in [5.41, 5.74) is 2.54. The smallest absolute Gasteiger partial charge is 0.268 e. The number of aromatic nitrogens is 3. The van der Waals surface area contributed by atoms with E-state index in [0.717, 1.165) is 11.1 Å². The van der Waals surface area contributed by atoms with Crippen molar-refractivity contribution in [1.82, 2.24) is 19.3 Å². The maximum atomic E-state index is 13.1. The molecule has 3 N–H and O–H groups in total. The van der Waals surface area contributed by atoms with Crippen molar-refractivity contribution < 1.29 is 22.4 Å². The van der Waals surface area contributed by atoms with E-state index in [0.29, 0.717) is 38.8 Å². The molecule has 1 amide bonds. The molecule has 0 saturated heterocycles. The predicted octanol–water partition coefficient (Wildman–Crippen LogP) is 4.16. The van der Waals surface area contributed by atoms with Gasteiger partial charge < -0.3 is 14.3 Å². The van der Waals surface area contributed by atoms with Crippen molar-refractivity contribution in [2.75, 3.05) is 30.0 Å². The van der Waals surface area contributed by atoms with E-state index in [-0.39, 0.29) is 37.3 Å². The van der Waals surface area contributed by atoms with Gasteiger partial charge in [0.1, 0.15) is 0 Å². The highest BCUT2D eigenvalue weighted by atomic mass is 32.2. The van der Waals surface area contributed by atoms with Gasteiger partial charge in [-0.2, -0.15) is 0 Å². The summed E-state index contributed by atoms with van der Waals surface area (Å²) in [5, 5.41) is 5.97. The number of hydrogen-bond donors (Lipinski definition) is 3. The van der Waals surface area contributed by atoms with Crippen LogP contribution in [0.3, 0.4) is 0 Å². The van der Waals surface area contributed by atoms with Gasteiger partial charge in [-0.3, -0.25) is 14.9 Å². The molecule has 40 heavy (non-hydrogen) atoms. The van der Waals surface area contributed by atoms with Crippen LogP contribution in [0.1, 0.15) is 25.9 Å². The number of amides is 1. The monoisotopic (exact) mass is 578 g/mol. The Hall–Kier alpha value is -4.33. The topological polar surface area (TPSA) is 148 Å². The maximum Gasteiger partial charge on any atom is 0.268 e. The first kappa shape index (κ1) is 27.2. The first-order valence-corrected chi connectivity index (χ1v) is 15.0. The molecule has 3 aromatic heterocycles. The Morgan fingerprint density at radius 3 is 2.60 bits per heavy atom. The summed E-state index contributed by atoms with van der Waals surface area (Å²) < 4.78 is 33.0. The van der Waals surface area contributed by atoms with Crippen molar-refractivity contribution >= 4 is 55.7 Å². The van der Waals surface area contributed by atoms with Crippen molar-refractivity contribution in [3.63, 3.8) is 0 Å². The number of carbonyl (C=O) groups is 2. The summed E-state index contributed by atoms with van der Waals surface area (Å²) in [4.78, 5) is 35.6. The van der Waals surface area contributed by atoms with E-state index in [9.17, 15) is 18.0 Å². The quantitative estimate of drug-likeness (QED) is 0.198. The molecule has 3 heterocycles. The largest absolute Gasteiger partial charge is 0.440 e. The number of benzene rings is 2. The molecule has 0 bridgehead atoms. The Bertz CT molecular complexity index is 1790. The SMILES string of the molecule is Cc1ncc(-c2ccc(C(=O)Nc3nc4cc(NCC(=O)c5ccccc5)ccc4n3CCNS(C)(=O)=O)s2)o1. The van der Waals surface area contributed by atoms with Crippen molar-refractivity contribution in [2.24, 2.45) is 0 Å². The molecule has 0 aliphatic carbocycles. The first-order valence-electron chi connectivity index (χ1n) is 12.3. The minimum absolute atomic E-state index is 0.0539. The molecule has 0 saturated carbocycles. The molecule has 0 fully saturated rings. The average Bonchev–Trinajstić information content (AvgIpc) is 3.66. The van der Waals surface area contributed by atoms with E-state index in [1.54, 1.807) is 54.1 Å². The number of anilines is 2. The lowest BCUT2D eigenvalue weighted by Crippen LogP contribution is -2.26. The van der Waals surface area contributed by atoms with Gasteiger partial charge in [-0.05, 0) is 30.3 Å². The molecule has 2 aromatic carbocycles. The van der Waals surface area contributed by atoms with Gasteiger partial charge in [0.2, 0.25) is 16.0 Å². The fraction of sp³-hybridized carbons (Fsp3) is 0.185. The fourth-order valence-electron chi connectivity index (χ4n) is 4.04. The zero-order valence-corrected chi connectivity index (χ0v) is 23.3. The molecule has 5 rings (SSSR count). The van der Waals surface area contributed by atoms with Crippen molar-refractivity contribution in [3.8, 4) is 10.6 Å². The van der Waals surface area contributed by atoms with Crippen LogP contribution in [0.5, 0.6) is 0 Å². The average molecular weight is 579 g/mol. The number of nitrogens with zero attached hydrogens (tertiary/aromatic N) is 3. The van der Waals surface area contributed by atoms with E-state index < -0.39 is 10.0 Å². The van der Waals surface area contributed by atoms with Crippen molar-refractivity contribution in [3.05, 3.63) is 83.2 Å². The normalized spacial score (nSPS) is 11.6. The number of sulfonamides is 1. The van der Waals surface area contributed by atoms with E-state index in [1.165, 1.54) is 11.3 Å². The van der Waals surface area contributed by atoms with Gasteiger partial charge in [-0.15, -0.1) is 11.3 Å². The number of imidazole rings is 1. The number of ketones is 1. The van der Waals surface area contributed by atoms with Gasteiger partial charge >= 0.3 is 0 Å². The van der Waals surface area contributed by atoms with Gasteiger partial charge in [-0.1, -0.05) is 30.3 Å². The third kappa shape index (κ3) is 6.45. The van der Waals surface area contributed by atoms with Crippen molar-refractivity contribution in [2.45, 2.75) is 13.5 Å². The van der Waals surface area contributed by atoms with Crippen LogP contribution in [0.2, 0.25) is 0 Å². The molecule has 5 aromatic rings. The molecular formula is C27H26N6O5S2. The molecule has 0 unspecified atom stereocenters. The zero-order chi connectivity index (χ0) is 28.3. The molecular weight excluding hydrogens is 552 g/mol. The summed E-state index contributed by atoms with van der Waals surface area (Å²) in [7, 11) is -3.40. The van der Waals surface area contributed by atoms with Crippen LogP contribution in [0.25, 0.3) is 21.7 Å². The minimum atomic E-state index is -3.40. The van der Waals surface area contributed by atoms with Crippen LogP contribution in [0, 0.1) is 6.92 Å². The van der Waals surface area contributed by atoms with Crippen LogP contribution in [-0.4, -0.2) is 54.0 Å². The van der Waals surface area contributed by atoms with Crippen LogP contribution < -0.4 is 15.4 Å². The molecule has 0 radical (unpaired) electrons. The van der Waals surface area contributed by atoms with E-state index in [2.05, 4.69) is 25.3 Å². The number of rotatable bonds is 11. The Morgan fingerprint density at radius 1 is 1.07 bits per heavy atom. The number of fused-ring (bicyclic) bond motifs is 1. The van der Waals surface area contributed by atoms with E-state index in [4.69, 9.17) is 4.42 Å². The van der Waals surface area contributed by atoms with Crippen LogP contribution >= 0.6 is 11.3 Å². The summed E-state index contributed by atoms with van der Waals surface area (Å²) in [6, 6.07) is 17.9. The van der Waals surface area contributed by atoms with Gasteiger partial charge in [0.15, 0.2) is 17.4 Å². The minimum Gasteiger partial charge on any atom is -0.440 e. The summed E-state index contributed by atoms with van der Waals surface area (Å²) in [6.45, 7) is 2.18. The number of nitrogens with one attached hydrogen (secondary N) is 3. The Morgan fingerprint density at radius 2 is 1.88 bits per heavy atom. The lowest BCUT2D eigenvalue weighted by Gasteiger charge is -2.10. The number of Topliss-reactive ketones (excluding diaryl/α,β-unsaturated/α-hetero) is 1. The summed E-state index contributed by atoms with van der Waals surface area (Å²) >= 11 is 1.25. The Kier molecular flexibility index (Phi) is 7.78. The molecule has 0 atom stereocenters. The summed E-state index contributed by atoms with van der Waals surface area (Å²) in [6.07, 6.45) is 2.69. The molecule has 0 aliphatic heterocycles. The van der Waals surface area contributed by atoms with E-state index in [1.807, 2.05) is 24.3 Å². The Labute approximate surface area is 234 Å². The molecule has 11 nitrogen and oxygen atoms in total. The predicted molar refractivity (Wildman–Crippen MR) is 154 cm³/mol. The second-order valence-electron chi connectivity index (χ2n) is 8.96. The zero-order valence-electron chi connectivity index (χ0n) is 21.7. The van der Waals surface area contributed by atoms with Gasteiger partial charge in [0.25, 0.3) is 5.91 Å². The standard InChI is InChI=1S/C27H26N6O5S2/c1-17-28-16-23(38-17)24-10-11-25(39-24)26(35)32-27-31-20-14-19(29-15-22(34)18-6-4-3-5-7-18)8-9-21(20)33(27)13-12-30-40(2,36)37/h3-11,14,16,29-30H,12-13,15H2,1-2H3,(H,31,32,35). The van der Waals surface area contributed by atoms with E-state index >= 15 is 0 Å². The lowest BCUT2D eigenvalue weighted by molar-refractivity contribution is 0.100. The third-order valence-electron chi connectivity index (χ3n) is 5.92. The lowest BCUT2D eigenvalue weighted by atomic mass is 10.1. The maximum absolute atomic E-state index is 13.1. The molecule has 0 spiro atoms. The second kappa shape index (κ2) is 11.4. The molecule has 13 heteroatoms. The highest BCUT2D eigenvalue weighted by Crippen LogP contribution is 2.30. The molecule has 206 valence electrons. The third-order valence-corrected chi connectivity index (χ3v) is 7.74. The first-order chi connectivity index (χ1) is 19.2. The van der Waals surface area contributed by atoms with Gasteiger partial charge in [0.05, 0.1) is 39.8 Å². The van der Waals surface area contributed by atoms with Gasteiger partial charge in [0, 0.05) is 31.3 Å². The van der Waals surface area contributed by atoms with Crippen LogP contribution in [0.4, 0.5) is 11.6 Å². The fourth-order valence-corrected chi connectivity index (χ4v) is 5.35.